The zero-order valence-corrected chi connectivity index (χ0v) is 22.8. The van der Waals surface area contributed by atoms with Gasteiger partial charge in [-0.25, -0.2) is 9.97 Å². The van der Waals surface area contributed by atoms with Crippen LogP contribution in [0.15, 0.2) is 35.5 Å². The number of rotatable bonds is 7. The minimum Gasteiger partial charge on any atom is -0.378 e. The quantitative estimate of drug-likeness (QED) is 0.425. The van der Waals surface area contributed by atoms with Crippen LogP contribution in [0.1, 0.15) is 0 Å². The average molecular weight is 527 g/mol. The molecule has 1 N–H and O–H groups in total. The number of aromatic nitrogens is 2. The van der Waals surface area contributed by atoms with E-state index in [1.807, 2.05) is 17.2 Å². The highest BCUT2D eigenvalue weighted by Crippen LogP contribution is 2.26. The monoisotopic (exact) mass is 526 g/mol. The van der Waals surface area contributed by atoms with Gasteiger partial charge in [-0.1, -0.05) is 11.8 Å². The molecule has 0 saturated carbocycles. The lowest BCUT2D eigenvalue weighted by molar-refractivity contribution is -0.133. The molecule has 0 bridgehead atoms. The van der Waals surface area contributed by atoms with E-state index < -0.39 is 0 Å². The predicted molar refractivity (Wildman–Crippen MR) is 149 cm³/mol. The fraction of sp³-hybridized carbons (Fsp3) is 0.577. The van der Waals surface area contributed by atoms with E-state index in [2.05, 4.69) is 61.2 Å². The molecule has 1 aromatic heterocycles. The SMILES string of the molecule is CSc1nc(Nc2ccc(N3CCOCC3)cc2)cc(N2CCN(C(=O)CN3CCN(C)CC3)CC2)n1. The van der Waals surface area contributed by atoms with Gasteiger partial charge in [0, 0.05) is 82.9 Å². The molecule has 1 amide bonds. The van der Waals surface area contributed by atoms with Crippen LogP contribution < -0.4 is 15.1 Å². The first-order valence-electron chi connectivity index (χ1n) is 13.1. The Bertz CT molecular complexity index is 1030. The van der Waals surface area contributed by atoms with Crippen LogP contribution in [-0.4, -0.2) is 129 Å². The lowest BCUT2D eigenvalue weighted by Gasteiger charge is -2.37. The van der Waals surface area contributed by atoms with Crippen molar-refractivity contribution in [2.45, 2.75) is 5.16 Å². The molecule has 3 fully saturated rings. The van der Waals surface area contributed by atoms with Crippen LogP contribution >= 0.6 is 11.8 Å². The summed E-state index contributed by atoms with van der Waals surface area (Å²) in [7, 11) is 2.14. The molecule has 11 heteroatoms. The summed E-state index contributed by atoms with van der Waals surface area (Å²) >= 11 is 1.54. The maximum atomic E-state index is 12.9. The Morgan fingerprint density at radius 2 is 1.62 bits per heavy atom. The van der Waals surface area contributed by atoms with Gasteiger partial charge in [0.1, 0.15) is 11.6 Å². The standard InChI is InChI=1S/C26H38N8O2S/c1-30-7-9-31(10-8-30)20-25(35)34-13-11-33(12-14-34)24-19-23(28-26(29-24)37-2)27-21-3-5-22(6-4-21)32-15-17-36-18-16-32/h3-6,19H,7-18,20H2,1-2H3,(H,27,28,29). The van der Waals surface area contributed by atoms with Gasteiger partial charge in [0.25, 0.3) is 0 Å². The Balaban J connectivity index is 1.18. The summed E-state index contributed by atoms with van der Waals surface area (Å²) in [6, 6.07) is 10.5. The molecule has 0 spiro atoms. The van der Waals surface area contributed by atoms with Crippen molar-refractivity contribution in [3.8, 4) is 0 Å². The number of hydrogen-bond acceptors (Lipinski definition) is 10. The Morgan fingerprint density at radius 3 is 2.30 bits per heavy atom. The van der Waals surface area contributed by atoms with E-state index in [0.717, 1.165) is 101 Å². The molecule has 200 valence electrons. The van der Waals surface area contributed by atoms with E-state index in [0.29, 0.717) is 6.54 Å². The Labute approximate surface area is 223 Å². The smallest absolute Gasteiger partial charge is 0.236 e. The van der Waals surface area contributed by atoms with E-state index >= 15 is 0 Å². The van der Waals surface area contributed by atoms with E-state index in [1.54, 1.807) is 0 Å². The summed E-state index contributed by atoms with van der Waals surface area (Å²) in [5, 5.41) is 4.19. The number of piperazine rings is 2. The van der Waals surface area contributed by atoms with Crippen LogP contribution in [0.3, 0.4) is 0 Å². The molecule has 4 heterocycles. The molecule has 3 aliphatic heterocycles. The molecule has 0 radical (unpaired) electrons. The van der Waals surface area contributed by atoms with Crippen molar-refractivity contribution < 1.29 is 9.53 Å². The molecule has 37 heavy (non-hydrogen) atoms. The highest BCUT2D eigenvalue weighted by molar-refractivity contribution is 7.98. The molecule has 0 unspecified atom stereocenters. The van der Waals surface area contributed by atoms with Crippen molar-refractivity contribution in [2.75, 3.05) is 114 Å². The first-order chi connectivity index (χ1) is 18.1. The molecule has 0 atom stereocenters. The number of carbonyl (C=O) groups excluding carboxylic acids is 1. The van der Waals surface area contributed by atoms with Gasteiger partial charge in [-0.05, 0) is 37.6 Å². The van der Waals surface area contributed by atoms with Crippen LogP contribution in [0.2, 0.25) is 0 Å². The molecule has 3 aliphatic rings. The summed E-state index contributed by atoms with van der Waals surface area (Å²) in [6.07, 6.45) is 2.00. The number of ether oxygens (including phenoxy) is 1. The minimum absolute atomic E-state index is 0.236. The summed E-state index contributed by atoms with van der Waals surface area (Å²) in [5.41, 5.74) is 2.20. The van der Waals surface area contributed by atoms with Gasteiger partial charge in [0.05, 0.1) is 19.8 Å². The third-order valence-corrected chi connectivity index (χ3v) is 7.85. The second-order valence-electron chi connectivity index (χ2n) is 9.82. The Kier molecular flexibility index (Phi) is 8.65. The zero-order valence-electron chi connectivity index (χ0n) is 21.9. The summed E-state index contributed by atoms with van der Waals surface area (Å²) in [5.74, 6) is 1.92. The largest absolute Gasteiger partial charge is 0.378 e. The number of nitrogens with one attached hydrogen (secondary N) is 1. The predicted octanol–water partition coefficient (Wildman–Crippen LogP) is 1.67. The average Bonchev–Trinajstić information content (AvgIpc) is 2.95. The second kappa shape index (κ2) is 12.3. The number of benzene rings is 1. The zero-order chi connectivity index (χ0) is 25.6. The van der Waals surface area contributed by atoms with E-state index in [-0.39, 0.29) is 5.91 Å². The van der Waals surface area contributed by atoms with Gasteiger partial charge in [-0.15, -0.1) is 0 Å². The van der Waals surface area contributed by atoms with Gasteiger partial charge in [-0.3, -0.25) is 9.69 Å². The van der Waals surface area contributed by atoms with Gasteiger partial charge in [0.15, 0.2) is 5.16 Å². The van der Waals surface area contributed by atoms with E-state index in [4.69, 9.17) is 9.72 Å². The fourth-order valence-electron chi connectivity index (χ4n) is 4.94. The van der Waals surface area contributed by atoms with E-state index in [1.165, 1.54) is 17.4 Å². The highest BCUT2D eigenvalue weighted by atomic mass is 32.2. The summed E-state index contributed by atoms with van der Waals surface area (Å²) in [4.78, 5) is 33.5. The number of nitrogens with zero attached hydrogens (tertiary/aromatic N) is 7. The molecule has 1 aromatic carbocycles. The van der Waals surface area contributed by atoms with Crippen LogP contribution in [0, 0.1) is 0 Å². The lowest BCUT2D eigenvalue weighted by atomic mass is 10.2. The Morgan fingerprint density at radius 1 is 0.919 bits per heavy atom. The summed E-state index contributed by atoms with van der Waals surface area (Å²) < 4.78 is 5.46. The maximum absolute atomic E-state index is 12.9. The molecule has 3 saturated heterocycles. The number of thioether (sulfide) groups is 1. The number of anilines is 4. The van der Waals surface area contributed by atoms with Gasteiger partial charge in [0.2, 0.25) is 5.91 Å². The Hall–Kier alpha value is -2.60. The number of morpholine rings is 1. The number of amides is 1. The van der Waals surface area contributed by atoms with Crippen molar-refractivity contribution in [1.82, 2.24) is 24.7 Å². The third-order valence-electron chi connectivity index (χ3n) is 7.30. The third kappa shape index (κ3) is 6.84. The lowest BCUT2D eigenvalue weighted by Crippen LogP contribution is -2.53. The topological polar surface area (TPSA) is 80.3 Å². The molecule has 5 rings (SSSR count). The molecule has 0 aliphatic carbocycles. The summed E-state index contributed by atoms with van der Waals surface area (Å²) in [6.45, 7) is 10.9. The second-order valence-corrected chi connectivity index (χ2v) is 10.6. The maximum Gasteiger partial charge on any atom is 0.236 e. The molecular formula is C26H38N8O2S. The van der Waals surface area contributed by atoms with Crippen LogP contribution in [0.5, 0.6) is 0 Å². The normalized spacial score (nSPS) is 19.8. The van der Waals surface area contributed by atoms with Crippen LogP contribution in [-0.2, 0) is 9.53 Å². The van der Waals surface area contributed by atoms with Crippen molar-refractivity contribution in [3.63, 3.8) is 0 Å². The van der Waals surface area contributed by atoms with Crippen molar-refractivity contribution in [3.05, 3.63) is 30.3 Å². The molecule has 2 aromatic rings. The first-order valence-corrected chi connectivity index (χ1v) is 14.4. The first kappa shape index (κ1) is 26.0. The van der Waals surface area contributed by atoms with Crippen LogP contribution in [0.25, 0.3) is 0 Å². The van der Waals surface area contributed by atoms with Crippen molar-refractivity contribution in [2.24, 2.45) is 0 Å². The van der Waals surface area contributed by atoms with E-state index in [9.17, 15) is 4.79 Å². The highest BCUT2D eigenvalue weighted by Gasteiger charge is 2.25. The van der Waals surface area contributed by atoms with Gasteiger partial charge < -0.3 is 29.7 Å². The minimum atomic E-state index is 0.236. The van der Waals surface area contributed by atoms with Crippen molar-refractivity contribution >= 4 is 40.7 Å². The fourth-order valence-corrected chi connectivity index (χ4v) is 5.31. The van der Waals surface area contributed by atoms with Gasteiger partial charge >= 0.3 is 0 Å². The number of carbonyl (C=O) groups is 1. The number of hydrogen-bond donors (Lipinski definition) is 1. The van der Waals surface area contributed by atoms with Crippen molar-refractivity contribution in [1.29, 1.82) is 0 Å². The molecular weight excluding hydrogens is 488 g/mol. The number of likely N-dealkylation sites (N-methyl/N-ethyl adjacent to an activating group) is 1. The van der Waals surface area contributed by atoms with Crippen LogP contribution in [0.4, 0.5) is 23.0 Å². The molecule has 10 nitrogen and oxygen atoms in total. The van der Waals surface area contributed by atoms with Gasteiger partial charge in [-0.2, -0.15) is 0 Å².